The summed E-state index contributed by atoms with van der Waals surface area (Å²) in [5.74, 6) is -0.217. The smallest absolute Gasteiger partial charge is 0.325 e. The van der Waals surface area contributed by atoms with Crippen LogP contribution in [0.1, 0.15) is 26.3 Å². The number of para-hydroxylation sites is 1. The van der Waals surface area contributed by atoms with Crippen molar-refractivity contribution >= 4 is 17.2 Å². The van der Waals surface area contributed by atoms with Crippen molar-refractivity contribution < 1.29 is 9.53 Å². The van der Waals surface area contributed by atoms with Crippen LogP contribution < -0.4 is 4.90 Å². The molecular weight excluding hydrogens is 226 g/mol. The van der Waals surface area contributed by atoms with Crippen molar-refractivity contribution in [2.24, 2.45) is 0 Å². The first-order chi connectivity index (χ1) is 8.45. The number of fused-ring (bicyclic) bond motifs is 1. The zero-order chi connectivity index (χ0) is 13.3. The van der Waals surface area contributed by atoms with Crippen molar-refractivity contribution in [1.29, 1.82) is 0 Å². The highest BCUT2D eigenvalue weighted by molar-refractivity contribution is 5.85. The Kier molecular flexibility index (Phi) is 3.16. The number of methoxy groups -OCH3 is 1. The molecule has 3 heteroatoms. The number of hydrogen-bond donors (Lipinski definition) is 0. The van der Waals surface area contributed by atoms with E-state index >= 15 is 0 Å². The lowest BCUT2D eigenvalue weighted by Gasteiger charge is -2.42. The van der Waals surface area contributed by atoms with Crippen molar-refractivity contribution in [3.05, 3.63) is 35.9 Å². The van der Waals surface area contributed by atoms with Crippen LogP contribution in [0.2, 0.25) is 0 Å². The van der Waals surface area contributed by atoms with Crippen LogP contribution in [-0.4, -0.2) is 25.2 Å². The van der Waals surface area contributed by atoms with E-state index in [0.29, 0.717) is 0 Å². The number of ether oxygens (including phenoxy) is 1. The molecule has 1 aliphatic rings. The van der Waals surface area contributed by atoms with Gasteiger partial charge in [0.2, 0.25) is 0 Å². The van der Waals surface area contributed by atoms with Gasteiger partial charge in [-0.1, -0.05) is 24.3 Å². The van der Waals surface area contributed by atoms with Gasteiger partial charge < -0.3 is 9.64 Å². The van der Waals surface area contributed by atoms with Crippen LogP contribution in [0.4, 0.5) is 5.69 Å². The molecule has 0 bridgehead atoms. The van der Waals surface area contributed by atoms with Gasteiger partial charge in [0.05, 0.1) is 12.6 Å². The molecule has 1 aliphatic heterocycles. The summed E-state index contributed by atoms with van der Waals surface area (Å²) < 4.78 is 4.79. The quantitative estimate of drug-likeness (QED) is 0.750. The number of anilines is 1. The third-order valence-corrected chi connectivity index (χ3v) is 3.40. The Bertz CT molecular complexity index is 503. The highest BCUT2D eigenvalue weighted by Crippen LogP contribution is 2.38. The van der Waals surface area contributed by atoms with E-state index < -0.39 is 0 Å². The summed E-state index contributed by atoms with van der Waals surface area (Å²) in [6.07, 6.45) is 2.19. The van der Waals surface area contributed by atoms with Crippen molar-refractivity contribution in [2.45, 2.75) is 26.3 Å². The lowest BCUT2D eigenvalue weighted by Crippen LogP contribution is -2.47. The SMILES string of the molecule is COC(=O)CN1c2ccccc2C(C)=CC1(C)C. The molecule has 0 amide bonds. The number of hydrogen-bond acceptors (Lipinski definition) is 3. The molecular formula is C15H19NO2. The van der Waals surface area contributed by atoms with Gasteiger partial charge in [-0.3, -0.25) is 4.79 Å². The minimum absolute atomic E-state index is 0.188. The first-order valence-corrected chi connectivity index (χ1v) is 6.09. The molecule has 0 unspecified atom stereocenters. The molecule has 0 fully saturated rings. The minimum Gasteiger partial charge on any atom is -0.468 e. The molecule has 96 valence electrons. The summed E-state index contributed by atoms with van der Waals surface area (Å²) in [5.41, 5.74) is 3.33. The maximum atomic E-state index is 11.6. The van der Waals surface area contributed by atoms with Gasteiger partial charge in [0.25, 0.3) is 0 Å². The van der Waals surface area contributed by atoms with E-state index in [1.54, 1.807) is 0 Å². The third-order valence-electron chi connectivity index (χ3n) is 3.40. The molecule has 0 radical (unpaired) electrons. The average molecular weight is 245 g/mol. The Morgan fingerprint density at radius 2 is 2.00 bits per heavy atom. The molecule has 18 heavy (non-hydrogen) atoms. The Balaban J connectivity index is 2.47. The fraction of sp³-hybridized carbons (Fsp3) is 0.400. The van der Waals surface area contributed by atoms with Gasteiger partial charge in [-0.05, 0) is 32.4 Å². The van der Waals surface area contributed by atoms with Crippen molar-refractivity contribution in [3.8, 4) is 0 Å². The van der Waals surface area contributed by atoms with E-state index in [2.05, 4.69) is 43.9 Å². The number of nitrogens with zero attached hydrogens (tertiary/aromatic N) is 1. The summed E-state index contributed by atoms with van der Waals surface area (Å²) in [4.78, 5) is 13.7. The van der Waals surface area contributed by atoms with E-state index in [1.807, 2.05) is 12.1 Å². The van der Waals surface area contributed by atoms with Crippen LogP contribution >= 0.6 is 0 Å². The standard InChI is InChI=1S/C15H19NO2/c1-11-9-15(2,3)16(10-14(17)18-4)13-8-6-5-7-12(11)13/h5-9H,10H2,1-4H3. The second-order valence-corrected chi connectivity index (χ2v) is 5.16. The van der Waals surface area contributed by atoms with Crippen molar-refractivity contribution in [3.63, 3.8) is 0 Å². The zero-order valence-electron chi connectivity index (χ0n) is 11.4. The number of esters is 1. The highest BCUT2D eigenvalue weighted by atomic mass is 16.5. The van der Waals surface area contributed by atoms with E-state index in [0.717, 1.165) is 5.69 Å². The first kappa shape index (κ1) is 12.7. The van der Waals surface area contributed by atoms with Crippen LogP contribution in [0, 0.1) is 0 Å². The Morgan fingerprint density at radius 1 is 1.33 bits per heavy atom. The largest absolute Gasteiger partial charge is 0.468 e. The Hall–Kier alpha value is -1.77. The predicted octanol–water partition coefficient (Wildman–Crippen LogP) is 2.86. The second-order valence-electron chi connectivity index (χ2n) is 5.16. The monoisotopic (exact) mass is 245 g/mol. The highest BCUT2D eigenvalue weighted by Gasteiger charge is 2.32. The maximum absolute atomic E-state index is 11.6. The minimum atomic E-state index is -0.217. The Morgan fingerprint density at radius 3 is 2.67 bits per heavy atom. The zero-order valence-corrected chi connectivity index (χ0v) is 11.4. The lowest BCUT2D eigenvalue weighted by molar-refractivity contribution is -0.139. The van der Waals surface area contributed by atoms with Gasteiger partial charge in [-0.25, -0.2) is 0 Å². The number of carbonyl (C=O) groups is 1. The van der Waals surface area contributed by atoms with E-state index in [4.69, 9.17) is 4.74 Å². The summed E-state index contributed by atoms with van der Waals surface area (Å²) >= 11 is 0. The molecule has 0 saturated carbocycles. The van der Waals surface area contributed by atoms with Crippen molar-refractivity contribution in [2.75, 3.05) is 18.6 Å². The van der Waals surface area contributed by atoms with Gasteiger partial charge in [0.15, 0.2) is 0 Å². The van der Waals surface area contributed by atoms with Crippen molar-refractivity contribution in [1.82, 2.24) is 0 Å². The molecule has 0 N–H and O–H groups in total. The summed E-state index contributed by atoms with van der Waals surface area (Å²) in [7, 11) is 1.42. The van der Waals surface area contributed by atoms with Crippen LogP contribution in [0.5, 0.6) is 0 Å². The molecule has 2 rings (SSSR count). The molecule has 0 saturated heterocycles. The van der Waals surface area contributed by atoms with Crippen LogP contribution in [-0.2, 0) is 9.53 Å². The maximum Gasteiger partial charge on any atom is 0.325 e. The van der Waals surface area contributed by atoms with E-state index in [1.165, 1.54) is 18.2 Å². The van der Waals surface area contributed by atoms with Gasteiger partial charge in [-0.2, -0.15) is 0 Å². The molecule has 0 aliphatic carbocycles. The fourth-order valence-electron chi connectivity index (χ4n) is 2.52. The topological polar surface area (TPSA) is 29.5 Å². The Labute approximate surface area is 108 Å². The first-order valence-electron chi connectivity index (χ1n) is 6.09. The lowest BCUT2D eigenvalue weighted by atomic mass is 9.89. The van der Waals surface area contributed by atoms with Gasteiger partial charge in [0.1, 0.15) is 6.54 Å². The number of rotatable bonds is 2. The average Bonchev–Trinajstić information content (AvgIpc) is 2.33. The summed E-state index contributed by atoms with van der Waals surface area (Å²) in [6, 6.07) is 8.15. The van der Waals surface area contributed by atoms with E-state index in [9.17, 15) is 4.79 Å². The molecule has 1 aromatic carbocycles. The molecule has 0 spiro atoms. The fourth-order valence-corrected chi connectivity index (χ4v) is 2.52. The van der Waals surface area contributed by atoms with Crippen LogP contribution in [0.3, 0.4) is 0 Å². The predicted molar refractivity (Wildman–Crippen MR) is 73.5 cm³/mol. The van der Waals surface area contributed by atoms with Gasteiger partial charge >= 0.3 is 5.97 Å². The number of allylic oxidation sites excluding steroid dienone is 1. The van der Waals surface area contributed by atoms with Crippen LogP contribution in [0.25, 0.3) is 5.57 Å². The molecule has 0 aromatic heterocycles. The molecule has 1 aromatic rings. The molecule has 0 atom stereocenters. The number of carbonyl (C=O) groups excluding carboxylic acids is 1. The molecule has 1 heterocycles. The van der Waals surface area contributed by atoms with Gasteiger partial charge in [-0.15, -0.1) is 0 Å². The summed E-state index contributed by atoms with van der Waals surface area (Å²) in [5, 5.41) is 0. The van der Waals surface area contributed by atoms with Gasteiger partial charge in [0, 0.05) is 11.3 Å². The molecule has 3 nitrogen and oxygen atoms in total. The summed E-state index contributed by atoms with van der Waals surface area (Å²) in [6.45, 7) is 6.59. The second kappa shape index (κ2) is 4.48. The van der Waals surface area contributed by atoms with Crippen LogP contribution in [0.15, 0.2) is 30.3 Å². The number of benzene rings is 1. The normalized spacial score (nSPS) is 16.9. The third kappa shape index (κ3) is 2.13. The van der Waals surface area contributed by atoms with E-state index in [-0.39, 0.29) is 18.1 Å².